The molecule has 0 aliphatic rings. The first-order chi connectivity index (χ1) is 6.31. The van der Waals surface area contributed by atoms with Crippen molar-refractivity contribution in [2.75, 3.05) is 0 Å². The van der Waals surface area contributed by atoms with E-state index in [1.165, 1.54) is 6.20 Å². The van der Waals surface area contributed by atoms with Crippen LogP contribution in [0.3, 0.4) is 0 Å². The van der Waals surface area contributed by atoms with Gasteiger partial charge in [-0.05, 0) is 19.1 Å². The van der Waals surface area contributed by atoms with E-state index in [-0.39, 0.29) is 0 Å². The molecule has 0 aromatic carbocycles. The molecule has 2 aromatic rings. The molecule has 13 heavy (non-hydrogen) atoms. The van der Waals surface area contributed by atoms with Crippen LogP contribution in [0, 0.1) is 6.92 Å². The van der Waals surface area contributed by atoms with E-state index in [4.69, 9.17) is 4.42 Å². The number of rotatable bonds is 2. The maximum Gasteiger partial charge on any atom is 0.153 e. The SMILES string of the molecule is Cc1ccc(-c2[nH]ncc2C=O)o1. The molecule has 0 bridgehead atoms. The minimum Gasteiger partial charge on any atom is -0.460 e. The highest BCUT2D eigenvalue weighted by atomic mass is 16.3. The number of hydrogen-bond donors (Lipinski definition) is 1. The van der Waals surface area contributed by atoms with Gasteiger partial charge in [0.25, 0.3) is 0 Å². The lowest BCUT2D eigenvalue weighted by molar-refractivity contribution is 0.112. The molecule has 0 saturated carbocycles. The molecule has 0 amide bonds. The van der Waals surface area contributed by atoms with Gasteiger partial charge >= 0.3 is 0 Å². The normalized spacial score (nSPS) is 10.2. The Labute approximate surface area is 74.6 Å². The molecule has 0 aliphatic carbocycles. The van der Waals surface area contributed by atoms with Crippen LogP contribution in [0.25, 0.3) is 11.5 Å². The Balaban J connectivity index is 2.51. The maximum absolute atomic E-state index is 10.6. The monoisotopic (exact) mass is 176 g/mol. The lowest BCUT2D eigenvalue weighted by atomic mass is 10.2. The fourth-order valence-electron chi connectivity index (χ4n) is 1.15. The molecule has 0 aliphatic heterocycles. The molecule has 0 radical (unpaired) electrons. The Morgan fingerprint density at radius 2 is 2.38 bits per heavy atom. The van der Waals surface area contributed by atoms with E-state index in [0.29, 0.717) is 17.0 Å². The first-order valence-corrected chi connectivity index (χ1v) is 3.86. The van der Waals surface area contributed by atoms with Gasteiger partial charge in [0.15, 0.2) is 12.0 Å². The van der Waals surface area contributed by atoms with Crippen LogP contribution in [0.5, 0.6) is 0 Å². The van der Waals surface area contributed by atoms with Crippen LogP contribution in [0.15, 0.2) is 22.7 Å². The maximum atomic E-state index is 10.6. The zero-order valence-electron chi connectivity index (χ0n) is 7.07. The number of aldehydes is 1. The molecule has 0 spiro atoms. The van der Waals surface area contributed by atoms with Gasteiger partial charge in [0.05, 0.1) is 11.8 Å². The first-order valence-electron chi connectivity index (χ1n) is 3.86. The largest absolute Gasteiger partial charge is 0.460 e. The molecule has 4 nitrogen and oxygen atoms in total. The molecular weight excluding hydrogens is 168 g/mol. The minimum atomic E-state index is 0.509. The lowest BCUT2D eigenvalue weighted by Gasteiger charge is -1.91. The summed E-state index contributed by atoms with van der Waals surface area (Å²) in [5.41, 5.74) is 1.14. The molecule has 0 fully saturated rings. The summed E-state index contributed by atoms with van der Waals surface area (Å²) in [6, 6.07) is 3.64. The molecule has 2 heterocycles. The molecule has 2 rings (SSSR count). The molecule has 0 atom stereocenters. The molecule has 2 aromatic heterocycles. The van der Waals surface area contributed by atoms with E-state index in [1.807, 2.05) is 13.0 Å². The number of aryl methyl sites for hydroxylation is 1. The van der Waals surface area contributed by atoms with Crippen molar-refractivity contribution in [2.24, 2.45) is 0 Å². The van der Waals surface area contributed by atoms with Gasteiger partial charge in [-0.2, -0.15) is 5.10 Å². The zero-order chi connectivity index (χ0) is 9.26. The Morgan fingerprint density at radius 3 is 3.00 bits per heavy atom. The van der Waals surface area contributed by atoms with Crippen LogP contribution in [-0.2, 0) is 0 Å². The average Bonchev–Trinajstić information content (AvgIpc) is 2.71. The summed E-state index contributed by atoms with van der Waals surface area (Å²) in [5.74, 6) is 1.44. The fourth-order valence-corrected chi connectivity index (χ4v) is 1.15. The molecular formula is C9H8N2O2. The number of H-pyrrole nitrogens is 1. The smallest absolute Gasteiger partial charge is 0.153 e. The molecule has 66 valence electrons. The van der Waals surface area contributed by atoms with Crippen molar-refractivity contribution in [1.29, 1.82) is 0 Å². The van der Waals surface area contributed by atoms with E-state index in [2.05, 4.69) is 10.2 Å². The van der Waals surface area contributed by atoms with Crippen molar-refractivity contribution in [3.63, 3.8) is 0 Å². The van der Waals surface area contributed by atoms with Crippen LogP contribution >= 0.6 is 0 Å². The van der Waals surface area contributed by atoms with Crippen LogP contribution in [0.1, 0.15) is 16.1 Å². The van der Waals surface area contributed by atoms with E-state index in [9.17, 15) is 4.79 Å². The van der Waals surface area contributed by atoms with E-state index in [1.54, 1.807) is 6.07 Å². The van der Waals surface area contributed by atoms with Gasteiger partial charge < -0.3 is 4.42 Å². The summed E-state index contributed by atoms with van der Waals surface area (Å²) in [6.07, 6.45) is 2.22. The second-order valence-electron chi connectivity index (χ2n) is 2.73. The van der Waals surface area contributed by atoms with E-state index in [0.717, 1.165) is 12.0 Å². The van der Waals surface area contributed by atoms with Gasteiger partial charge in [-0.25, -0.2) is 0 Å². The summed E-state index contributed by atoms with van der Waals surface area (Å²) in [4.78, 5) is 10.6. The lowest BCUT2D eigenvalue weighted by Crippen LogP contribution is -1.80. The van der Waals surface area contributed by atoms with Gasteiger partial charge in [0.2, 0.25) is 0 Å². The number of nitrogens with one attached hydrogen (secondary N) is 1. The number of aromatic nitrogens is 2. The van der Waals surface area contributed by atoms with E-state index >= 15 is 0 Å². The van der Waals surface area contributed by atoms with Crippen LogP contribution in [0.4, 0.5) is 0 Å². The summed E-state index contributed by atoms with van der Waals surface area (Å²) < 4.78 is 5.34. The molecule has 0 unspecified atom stereocenters. The van der Waals surface area contributed by atoms with Gasteiger partial charge in [-0.3, -0.25) is 9.89 Å². The summed E-state index contributed by atoms with van der Waals surface area (Å²) in [6.45, 7) is 1.85. The predicted molar refractivity (Wildman–Crippen MR) is 46.4 cm³/mol. The second kappa shape index (κ2) is 2.90. The highest BCUT2D eigenvalue weighted by molar-refractivity contribution is 5.83. The Bertz CT molecular complexity index is 428. The summed E-state index contributed by atoms with van der Waals surface area (Å²) in [7, 11) is 0. The number of carbonyl (C=O) groups excluding carboxylic acids is 1. The number of nitrogens with zero attached hydrogens (tertiary/aromatic N) is 1. The zero-order valence-corrected chi connectivity index (χ0v) is 7.07. The van der Waals surface area contributed by atoms with Crippen LogP contribution < -0.4 is 0 Å². The Kier molecular flexibility index (Phi) is 1.73. The number of furan rings is 1. The van der Waals surface area contributed by atoms with Crippen LogP contribution in [0.2, 0.25) is 0 Å². The number of hydrogen-bond acceptors (Lipinski definition) is 3. The van der Waals surface area contributed by atoms with E-state index < -0.39 is 0 Å². The van der Waals surface area contributed by atoms with Crippen molar-refractivity contribution in [3.8, 4) is 11.5 Å². The average molecular weight is 176 g/mol. The van der Waals surface area contributed by atoms with Crippen molar-refractivity contribution in [3.05, 3.63) is 29.7 Å². The molecule has 1 N–H and O–H groups in total. The van der Waals surface area contributed by atoms with Crippen molar-refractivity contribution in [2.45, 2.75) is 6.92 Å². The number of carbonyl (C=O) groups is 1. The third kappa shape index (κ3) is 1.26. The van der Waals surface area contributed by atoms with Crippen molar-refractivity contribution >= 4 is 6.29 Å². The molecule has 4 heteroatoms. The molecule has 0 saturated heterocycles. The second-order valence-corrected chi connectivity index (χ2v) is 2.73. The summed E-state index contributed by atoms with van der Waals surface area (Å²) in [5, 5.41) is 6.47. The van der Waals surface area contributed by atoms with Crippen molar-refractivity contribution < 1.29 is 9.21 Å². The third-order valence-corrected chi connectivity index (χ3v) is 1.78. The number of aromatic amines is 1. The van der Waals surface area contributed by atoms with Gasteiger partial charge in [-0.15, -0.1) is 0 Å². The standard InChI is InChI=1S/C9H8N2O2/c1-6-2-3-8(13-6)9-7(5-12)4-10-11-9/h2-5H,1H3,(H,10,11). The Morgan fingerprint density at radius 1 is 1.54 bits per heavy atom. The topological polar surface area (TPSA) is 58.9 Å². The summed E-state index contributed by atoms with van der Waals surface area (Å²) >= 11 is 0. The minimum absolute atomic E-state index is 0.509. The quantitative estimate of drug-likeness (QED) is 0.709. The predicted octanol–water partition coefficient (Wildman–Crippen LogP) is 1.79. The Hall–Kier alpha value is -1.84. The highest BCUT2D eigenvalue weighted by Crippen LogP contribution is 2.21. The third-order valence-electron chi connectivity index (χ3n) is 1.78. The fraction of sp³-hybridized carbons (Fsp3) is 0.111. The van der Waals surface area contributed by atoms with Crippen LogP contribution in [-0.4, -0.2) is 16.5 Å². The van der Waals surface area contributed by atoms with Gasteiger partial charge in [0.1, 0.15) is 11.5 Å². The first kappa shape index (κ1) is 7.79. The van der Waals surface area contributed by atoms with Gasteiger partial charge in [0, 0.05) is 0 Å². The highest BCUT2D eigenvalue weighted by Gasteiger charge is 2.09. The van der Waals surface area contributed by atoms with Gasteiger partial charge in [-0.1, -0.05) is 0 Å². The van der Waals surface area contributed by atoms with Crippen molar-refractivity contribution in [1.82, 2.24) is 10.2 Å².